The van der Waals surface area contributed by atoms with Gasteiger partial charge in [-0.15, -0.1) is 0 Å². The van der Waals surface area contributed by atoms with E-state index in [1.165, 1.54) is 11.1 Å². The van der Waals surface area contributed by atoms with Crippen molar-refractivity contribution in [2.75, 3.05) is 37.7 Å². The number of piperidine rings is 1. The van der Waals surface area contributed by atoms with Gasteiger partial charge >= 0.3 is 0 Å². The van der Waals surface area contributed by atoms with Gasteiger partial charge in [0.05, 0.1) is 13.2 Å². The molecule has 2 saturated heterocycles. The first-order valence-electron chi connectivity index (χ1n) is 11.6. The molecule has 0 N–H and O–H groups in total. The molecule has 5 nitrogen and oxygen atoms in total. The molecule has 1 amide bonds. The minimum atomic E-state index is 0.102. The van der Waals surface area contributed by atoms with E-state index in [1.807, 2.05) is 18.7 Å². The fraction of sp³-hybridized carbons (Fsp3) is 0.500. The molecule has 32 heavy (non-hydrogen) atoms. The molecule has 0 aromatic heterocycles. The van der Waals surface area contributed by atoms with Gasteiger partial charge in [-0.1, -0.05) is 17.7 Å². The zero-order valence-corrected chi connectivity index (χ0v) is 20.9. The first-order valence-corrected chi connectivity index (χ1v) is 12.4. The predicted octanol–water partition coefficient (Wildman–Crippen LogP) is 5.57. The minimum Gasteiger partial charge on any atom is -0.493 e. The third-order valence-corrected chi connectivity index (χ3v) is 7.44. The molecule has 0 unspecified atom stereocenters. The average Bonchev–Trinajstić information content (AvgIpc) is 3.10. The number of amides is 1. The summed E-state index contributed by atoms with van der Waals surface area (Å²) in [6.45, 7) is 11.0. The van der Waals surface area contributed by atoms with Gasteiger partial charge in [0.15, 0.2) is 0 Å². The number of benzene rings is 2. The molecule has 0 saturated carbocycles. The van der Waals surface area contributed by atoms with Crippen LogP contribution in [-0.4, -0.2) is 43.7 Å². The van der Waals surface area contributed by atoms with Crippen molar-refractivity contribution in [2.24, 2.45) is 5.41 Å². The summed E-state index contributed by atoms with van der Waals surface area (Å²) in [5.74, 6) is 1.92. The van der Waals surface area contributed by atoms with Gasteiger partial charge in [0.1, 0.15) is 16.0 Å². The van der Waals surface area contributed by atoms with Crippen LogP contribution in [0, 0.1) is 12.3 Å². The number of anilines is 1. The summed E-state index contributed by atoms with van der Waals surface area (Å²) in [6.07, 6.45) is 2.76. The van der Waals surface area contributed by atoms with Crippen molar-refractivity contribution in [3.8, 4) is 11.5 Å². The van der Waals surface area contributed by atoms with Crippen LogP contribution in [0.3, 0.4) is 0 Å². The average molecular weight is 501 g/mol. The second kappa shape index (κ2) is 9.84. The molecule has 1 spiro atoms. The Labute approximate surface area is 199 Å². The Kier molecular flexibility index (Phi) is 7.11. The lowest BCUT2D eigenvalue weighted by atomic mass is 9.77. The molecule has 2 aliphatic rings. The number of halogens is 1. The molecule has 0 radical (unpaired) electrons. The summed E-state index contributed by atoms with van der Waals surface area (Å²) in [5, 5.41) is 0. The number of nitrogens with zero attached hydrogens (tertiary/aromatic N) is 2. The van der Waals surface area contributed by atoms with E-state index in [-0.39, 0.29) is 11.3 Å². The van der Waals surface area contributed by atoms with Crippen LogP contribution in [-0.2, 0) is 11.3 Å². The molecule has 4 rings (SSSR count). The number of ether oxygens (including phenoxy) is 2. The summed E-state index contributed by atoms with van der Waals surface area (Å²) < 4.78 is 12.5. The van der Waals surface area contributed by atoms with E-state index in [1.54, 1.807) is 0 Å². The lowest BCUT2D eigenvalue weighted by molar-refractivity contribution is -0.118. The van der Waals surface area contributed by atoms with Crippen LogP contribution in [0.1, 0.15) is 44.2 Å². The van der Waals surface area contributed by atoms with Crippen LogP contribution in [0.2, 0.25) is 0 Å². The number of carbonyl (C=O) groups is 1. The third-order valence-electron chi connectivity index (χ3n) is 6.65. The number of hydrogen-bond acceptors (Lipinski definition) is 4. The maximum absolute atomic E-state index is 12.8. The molecule has 2 fully saturated rings. The van der Waals surface area contributed by atoms with Crippen molar-refractivity contribution in [2.45, 2.75) is 46.6 Å². The Morgan fingerprint density at radius 1 is 1.00 bits per heavy atom. The Morgan fingerprint density at radius 2 is 1.59 bits per heavy atom. The van der Waals surface area contributed by atoms with Crippen LogP contribution in [0.4, 0.5) is 5.69 Å². The topological polar surface area (TPSA) is 42.0 Å². The van der Waals surface area contributed by atoms with Crippen LogP contribution in [0.5, 0.6) is 11.5 Å². The summed E-state index contributed by atoms with van der Waals surface area (Å²) in [7, 11) is 0. The zero-order valence-electron chi connectivity index (χ0n) is 19.3. The quantitative estimate of drug-likeness (QED) is 0.497. The Hall–Kier alpha value is -2.05. The molecule has 6 heteroatoms. The summed E-state index contributed by atoms with van der Waals surface area (Å²) in [6, 6.07) is 12.5. The molecule has 0 atom stereocenters. The highest BCUT2D eigenvalue weighted by atomic mass is 79.9. The minimum absolute atomic E-state index is 0.102. The van der Waals surface area contributed by atoms with E-state index in [0.717, 1.165) is 60.7 Å². The maximum atomic E-state index is 12.8. The lowest BCUT2D eigenvalue weighted by Gasteiger charge is -2.39. The second-order valence-corrected chi connectivity index (χ2v) is 9.83. The smallest absolute Gasteiger partial charge is 0.227 e. The van der Waals surface area contributed by atoms with Crippen molar-refractivity contribution in [1.82, 2.24) is 4.90 Å². The SMILES string of the molecule is CCOc1cc(CN2CCC3(CC2)CC(=O)N(c2ccc(C)cc2)C3)cc(OCC)c1Br. The molecule has 2 heterocycles. The monoisotopic (exact) mass is 500 g/mol. The van der Waals surface area contributed by atoms with Gasteiger partial charge in [-0.05, 0) is 97.9 Å². The third kappa shape index (κ3) is 4.96. The fourth-order valence-electron chi connectivity index (χ4n) is 4.87. The number of rotatable bonds is 7. The number of hydrogen-bond donors (Lipinski definition) is 0. The first-order chi connectivity index (χ1) is 15.4. The van der Waals surface area contributed by atoms with E-state index >= 15 is 0 Å². The molecular formula is C26H33BrN2O3. The Balaban J connectivity index is 1.41. The normalized spacial score (nSPS) is 18.4. The summed E-state index contributed by atoms with van der Waals surface area (Å²) >= 11 is 3.62. The highest BCUT2D eigenvalue weighted by Crippen LogP contribution is 2.43. The summed E-state index contributed by atoms with van der Waals surface area (Å²) in [4.78, 5) is 17.3. The van der Waals surface area contributed by atoms with E-state index in [2.05, 4.69) is 64.2 Å². The predicted molar refractivity (Wildman–Crippen MR) is 132 cm³/mol. The molecule has 0 aliphatic carbocycles. The molecule has 2 aliphatic heterocycles. The van der Waals surface area contributed by atoms with Gasteiger partial charge in [-0.25, -0.2) is 0 Å². The van der Waals surface area contributed by atoms with E-state index in [0.29, 0.717) is 19.6 Å². The zero-order chi connectivity index (χ0) is 22.7. The molecular weight excluding hydrogens is 468 g/mol. The highest BCUT2D eigenvalue weighted by Gasteiger charge is 2.45. The maximum Gasteiger partial charge on any atom is 0.227 e. The van der Waals surface area contributed by atoms with Crippen LogP contribution >= 0.6 is 15.9 Å². The van der Waals surface area contributed by atoms with Gasteiger partial charge in [0.25, 0.3) is 0 Å². The van der Waals surface area contributed by atoms with Crippen molar-refractivity contribution < 1.29 is 14.3 Å². The fourth-order valence-corrected chi connectivity index (χ4v) is 5.33. The number of carbonyl (C=O) groups excluding carboxylic acids is 1. The summed E-state index contributed by atoms with van der Waals surface area (Å²) in [5.41, 5.74) is 3.54. The van der Waals surface area contributed by atoms with Crippen molar-refractivity contribution >= 4 is 27.5 Å². The second-order valence-electron chi connectivity index (χ2n) is 9.04. The van der Waals surface area contributed by atoms with Crippen molar-refractivity contribution in [3.05, 3.63) is 52.0 Å². The molecule has 2 aromatic carbocycles. The van der Waals surface area contributed by atoms with Crippen molar-refractivity contribution in [1.29, 1.82) is 0 Å². The molecule has 2 aromatic rings. The van der Waals surface area contributed by atoms with Gasteiger partial charge in [-0.2, -0.15) is 0 Å². The largest absolute Gasteiger partial charge is 0.493 e. The van der Waals surface area contributed by atoms with Crippen LogP contribution in [0.25, 0.3) is 0 Å². The Bertz CT molecular complexity index is 925. The lowest BCUT2D eigenvalue weighted by Crippen LogP contribution is -2.41. The van der Waals surface area contributed by atoms with Crippen molar-refractivity contribution in [3.63, 3.8) is 0 Å². The van der Waals surface area contributed by atoms with Crippen LogP contribution in [0.15, 0.2) is 40.9 Å². The van der Waals surface area contributed by atoms with E-state index in [4.69, 9.17) is 9.47 Å². The standard InChI is InChI=1S/C26H33BrN2O3/c1-4-31-22-14-20(15-23(25(22)27)32-5-2)17-28-12-10-26(11-13-28)16-24(30)29(18-26)21-8-6-19(3)7-9-21/h6-9,14-15H,4-5,10-13,16-18H2,1-3H3. The highest BCUT2D eigenvalue weighted by molar-refractivity contribution is 9.10. The van der Waals surface area contributed by atoms with Crippen LogP contribution < -0.4 is 14.4 Å². The van der Waals surface area contributed by atoms with Gasteiger partial charge in [0, 0.05) is 25.2 Å². The number of likely N-dealkylation sites (tertiary alicyclic amines) is 1. The number of aryl methyl sites for hydroxylation is 1. The van der Waals surface area contributed by atoms with Gasteiger partial charge in [-0.3, -0.25) is 9.69 Å². The van der Waals surface area contributed by atoms with E-state index < -0.39 is 0 Å². The Morgan fingerprint density at radius 3 is 2.16 bits per heavy atom. The van der Waals surface area contributed by atoms with Gasteiger partial charge in [0.2, 0.25) is 5.91 Å². The first kappa shape index (κ1) is 23.1. The molecule has 0 bridgehead atoms. The van der Waals surface area contributed by atoms with E-state index in [9.17, 15) is 4.79 Å². The molecule has 172 valence electrons. The van der Waals surface area contributed by atoms with Gasteiger partial charge < -0.3 is 14.4 Å².